The predicted octanol–water partition coefficient (Wildman–Crippen LogP) is 6.54. The van der Waals surface area contributed by atoms with Gasteiger partial charge in [0.05, 0.1) is 12.8 Å². The van der Waals surface area contributed by atoms with Crippen molar-refractivity contribution >= 4 is 25.2 Å². The second kappa shape index (κ2) is 17.0. The summed E-state index contributed by atoms with van der Waals surface area (Å²) < 4.78 is 17.0. The molecule has 2 aliphatic carbocycles. The zero-order valence-electron chi connectivity index (χ0n) is 25.6. The van der Waals surface area contributed by atoms with Gasteiger partial charge < -0.3 is 25.4 Å². The van der Waals surface area contributed by atoms with Crippen LogP contribution in [0.4, 0.5) is 17.6 Å². The van der Waals surface area contributed by atoms with Crippen molar-refractivity contribution in [1.29, 1.82) is 0 Å². The first-order valence-electron chi connectivity index (χ1n) is 16.7. The molecular weight excluding hydrogens is 535 g/mol. The minimum atomic E-state index is -3.48. The van der Waals surface area contributed by atoms with E-state index in [4.69, 9.17) is 15.2 Å². The molecule has 0 radical (unpaired) electrons. The Bertz CT molecular complexity index is 930. The van der Waals surface area contributed by atoms with E-state index in [-0.39, 0.29) is 12.8 Å². The first-order valence-corrected chi connectivity index (χ1v) is 18.5. The fourth-order valence-electron chi connectivity index (χ4n) is 7.08. The molecule has 1 unspecified atom stereocenters. The Morgan fingerprint density at radius 1 is 0.927 bits per heavy atom. The number of nitrogen functional groups attached to an aromatic ring is 1. The monoisotopic (exact) mass is 592 g/mol. The summed E-state index contributed by atoms with van der Waals surface area (Å²) in [5.74, 6) is 4.60. The summed E-state index contributed by atoms with van der Waals surface area (Å²) in [6.07, 6.45) is 21.5. The van der Waals surface area contributed by atoms with Crippen molar-refractivity contribution in [3.63, 3.8) is 0 Å². The van der Waals surface area contributed by atoms with Crippen LogP contribution in [0.2, 0.25) is 0 Å². The lowest BCUT2D eigenvalue weighted by Gasteiger charge is -2.35. The minimum Gasteiger partial charge on any atom is -0.383 e. The lowest BCUT2D eigenvalue weighted by molar-refractivity contribution is 0.245. The number of aromatic nitrogens is 2. The van der Waals surface area contributed by atoms with Crippen molar-refractivity contribution < 1.29 is 14.0 Å². The first kappa shape index (κ1) is 32.5. The number of nitrogens with two attached hydrogens (primary N) is 1. The highest BCUT2D eigenvalue weighted by molar-refractivity contribution is 7.52. The molecule has 0 bridgehead atoms. The third-order valence-corrected chi connectivity index (χ3v) is 11.1. The van der Waals surface area contributed by atoms with Crippen LogP contribution in [-0.2, 0) is 9.09 Å². The van der Waals surface area contributed by atoms with Gasteiger partial charge in [-0.3, -0.25) is 9.46 Å². The second-order valence-corrected chi connectivity index (χ2v) is 14.8. The minimum absolute atomic E-state index is 0.164. The molecule has 10 heteroatoms. The van der Waals surface area contributed by atoms with Gasteiger partial charge in [-0.1, -0.05) is 83.5 Å². The molecule has 4 rings (SSSR count). The predicted molar refractivity (Wildman–Crippen MR) is 170 cm³/mol. The quantitative estimate of drug-likeness (QED) is 0.145. The Hall–Kier alpha value is -1.41. The van der Waals surface area contributed by atoms with E-state index in [1.165, 1.54) is 96.3 Å². The zero-order valence-corrected chi connectivity index (χ0v) is 26.5. The highest BCUT2D eigenvalue weighted by Crippen LogP contribution is 2.41. The van der Waals surface area contributed by atoms with E-state index in [0.717, 1.165) is 50.4 Å². The smallest absolute Gasteiger partial charge is 0.329 e. The average Bonchev–Trinajstić information content (AvgIpc) is 2.98. The molecule has 1 saturated heterocycles. The topological polar surface area (TPSA) is 117 Å². The van der Waals surface area contributed by atoms with E-state index in [2.05, 4.69) is 20.1 Å². The Morgan fingerprint density at radius 3 is 2.22 bits per heavy atom. The fraction of sp³-hybridized carbons (Fsp3) is 0.871. The molecule has 1 atom stereocenters. The van der Waals surface area contributed by atoms with Crippen LogP contribution < -0.4 is 16.0 Å². The van der Waals surface area contributed by atoms with Crippen molar-refractivity contribution in [3.8, 4) is 0 Å². The molecule has 1 aliphatic heterocycles. The third kappa shape index (κ3) is 11.7. The molecule has 1 aromatic heterocycles. The van der Waals surface area contributed by atoms with Gasteiger partial charge in [0, 0.05) is 45.3 Å². The third-order valence-electron chi connectivity index (χ3n) is 9.67. The highest BCUT2D eigenvalue weighted by atomic mass is 31.2. The number of hydrogen-bond donors (Lipinski definition) is 3. The van der Waals surface area contributed by atoms with Crippen LogP contribution in [0.5, 0.6) is 0 Å². The average molecular weight is 593 g/mol. The van der Waals surface area contributed by atoms with Crippen molar-refractivity contribution in [1.82, 2.24) is 14.9 Å². The van der Waals surface area contributed by atoms with Gasteiger partial charge in [-0.15, -0.1) is 0 Å². The van der Waals surface area contributed by atoms with E-state index in [1.807, 2.05) is 6.07 Å². The van der Waals surface area contributed by atoms with E-state index < -0.39 is 7.60 Å². The van der Waals surface area contributed by atoms with Gasteiger partial charge in [-0.2, -0.15) is 9.97 Å². The number of nitrogens with zero attached hydrogens (tertiary/aromatic N) is 4. The summed E-state index contributed by atoms with van der Waals surface area (Å²) in [7, 11) is -3.48. The second-order valence-electron chi connectivity index (χ2n) is 12.8. The van der Waals surface area contributed by atoms with Crippen LogP contribution in [0.25, 0.3) is 0 Å². The van der Waals surface area contributed by atoms with Gasteiger partial charge in [0.1, 0.15) is 11.6 Å². The van der Waals surface area contributed by atoms with Gasteiger partial charge in [0.25, 0.3) is 0 Å². The standard InChI is InChI=1S/C31H57N6O3P/c1-2-40-41(38,39)23-22-36-18-20-37(21-19-36)30-24-29(32)34-31(35-30)33-25-28-16-14-27(15-17-28)13-7-4-3-6-10-26-11-8-5-9-12-26/h24,26-28H,2-23,25H2,1H3,(H,38,39)(H3,32,33,34,35). The summed E-state index contributed by atoms with van der Waals surface area (Å²) in [4.78, 5) is 23.5. The van der Waals surface area contributed by atoms with E-state index in [0.29, 0.717) is 24.2 Å². The number of nitrogens with one attached hydrogen (secondary N) is 1. The molecule has 2 saturated carbocycles. The van der Waals surface area contributed by atoms with Crippen LogP contribution in [-0.4, -0.2) is 71.8 Å². The van der Waals surface area contributed by atoms with Crippen LogP contribution >= 0.6 is 7.60 Å². The maximum absolute atomic E-state index is 12.0. The molecule has 41 heavy (non-hydrogen) atoms. The first-order chi connectivity index (χ1) is 19.9. The van der Waals surface area contributed by atoms with Gasteiger partial charge in [-0.05, 0) is 37.5 Å². The number of piperazine rings is 1. The zero-order chi connectivity index (χ0) is 28.9. The van der Waals surface area contributed by atoms with Crippen LogP contribution in [0.1, 0.15) is 103 Å². The van der Waals surface area contributed by atoms with Crippen molar-refractivity contribution in [2.75, 3.05) is 68.0 Å². The number of unbranched alkanes of at least 4 members (excludes halogenated alkanes) is 3. The molecular formula is C31H57N6O3P. The molecule has 0 amide bonds. The van der Waals surface area contributed by atoms with E-state index in [1.54, 1.807) is 6.92 Å². The van der Waals surface area contributed by atoms with Crippen LogP contribution in [0, 0.1) is 17.8 Å². The summed E-state index contributed by atoms with van der Waals surface area (Å²) in [5, 5.41) is 3.49. The maximum atomic E-state index is 12.0. The van der Waals surface area contributed by atoms with Gasteiger partial charge in [0.15, 0.2) is 0 Å². The van der Waals surface area contributed by atoms with Crippen molar-refractivity contribution in [2.24, 2.45) is 17.8 Å². The Labute approximate surface area is 248 Å². The molecule has 0 spiro atoms. The summed E-state index contributed by atoms with van der Waals surface area (Å²) >= 11 is 0. The summed E-state index contributed by atoms with van der Waals surface area (Å²) in [6.45, 7) is 6.67. The molecule has 1 aromatic rings. The number of anilines is 3. The molecule has 3 fully saturated rings. The van der Waals surface area contributed by atoms with Crippen LogP contribution in [0.3, 0.4) is 0 Å². The van der Waals surface area contributed by atoms with E-state index in [9.17, 15) is 9.46 Å². The van der Waals surface area contributed by atoms with Crippen molar-refractivity contribution in [2.45, 2.75) is 103 Å². The molecule has 3 aliphatic rings. The Kier molecular flexibility index (Phi) is 13.5. The molecule has 234 valence electrons. The van der Waals surface area contributed by atoms with Gasteiger partial charge >= 0.3 is 7.60 Å². The lowest BCUT2D eigenvalue weighted by atomic mass is 9.79. The Balaban J connectivity index is 1.09. The van der Waals surface area contributed by atoms with Crippen LogP contribution in [0.15, 0.2) is 6.07 Å². The highest BCUT2D eigenvalue weighted by Gasteiger charge is 2.24. The molecule has 4 N–H and O–H groups in total. The maximum Gasteiger partial charge on any atom is 0.329 e. The molecule has 2 heterocycles. The molecule has 9 nitrogen and oxygen atoms in total. The normalized spacial score (nSPS) is 24.3. The van der Waals surface area contributed by atoms with E-state index >= 15 is 0 Å². The molecule has 0 aromatic carbocycles. The SMILES string of the molecule is CCOP(=O)(O)CCN1CCN(c2cc(N)nc(NCC3CCC(CCCCCCC4CCCCC4)CC3)n2)CC1. The Morgan fingerprint density at radius 2 is 1.56 bits per heavy atom. The summed E-state index contributed by atoms with van der Waals surface area (Å²) in [6, 6.07) is 1.85. The number of hydrogen-bond acceptors (Lipinski definition) is 8. The fourth-order valence-corrected chi connectivity index (χ4v) is 8.15. The number of rotatable bonds is 16. The van der Waals surface area contributed by atoms with Crippen molar-refractivity contribution in [3.05, 3.63) is 6.07 Å². The largest absolute Gasteiger partial charge is 0.383 e. The van der Waals surface area contributed by atoms with Gasteiger partial charge in [0.2, 0.25) is 5.95 Å². The summed E-state index contributed by atoms with van der Waals surface area (Å²) in [5.41, 5.74) is 6.16. The lowest BCUT2D eigenvalue weighted by Crippen LogP contribution is -2.47. The van der Waals surface area contributed by atoms with Gasteiger partial charge in [-0.25, -0.2) is 0 Å².